The fourth-order valence-electron chi connectivity index (χ4n) is 1.18. The van der Waals surface area contributed by atoms with Gasteiger partial charge in [0.1, 0.15) is 0 Å². The molecule has 0 aromatic rings. The topological polar surface area (TPSA) is 62.0 Å². The molecular weight excluding hydrogens is 156 g/mol. The van der Waals surface area contributed by atoms with Crippen LogP contribution in [0.2, 0.25) is 0 Å². The number of rotatable bonds is 1. The molecular formula is C8H6N2O2. The second-order valence-corrected chi connectivity index (χ2v) is 2.49. The predicted octanol–water partition coefficient (Wildman–Crippen LogP) is 0.768. The van der Waals surface area contributed by atoms with Crippen LogP contribution in [0.25, 0.3) is 0 Å². The zero-order chi connectivity index (χ0) is 8.55. The van der Waals surface area contributed by atoms with Gasteiger partial charge in [-0.3, -0.25) is 0 Å². The molecule has 0 spiro atoms. The molecule has 12 heavy (non-hydrogen) atoms. The lowest BCUT2D eigenvalue weighted by atomic mass is 10.0. The largest absolute Gasteiger partial charge is 0.476 e. The van der Waals surface area contributed by atoms with Crippen LogP contribution in [0, 0.1) is 0 Å². The second-order valence-electron chi connectivity index (χ2n) is 2.49. The molecule has 1 heterocycles. The van der Waals surface area contributed by atoms with Crippen molar-refractivity contribution in [3.05, 3.63) is 23.8 Å². The van der Waals surface area contributed by atoms with Crippen molar-refractivity contribution in [2.45, 2.75) is 6.42 Å². The normalized spacial score (nSPS) is 19.5. The number of carboxylic acid groups (broad SMARTS) is 1. The van der Waals surface area contributed by atoms with E-state index in [0.29, 0.717) is 11.3 Å². The number of hydrogen-bond acceptors (Lipinski definition) is 3. The van der Waals surface area contributed by atoms with Gasteiger partial charge in [-0.1, -0.05) is 12.2 Å². The third kappa shape index (κ3) is 0.887. The van der Waals surface area contributed by atoms with Gasteiger partial charge in [-0.2, -0.15) is 0 Å². The van der Waals surface area contributed by atoms with Crippen LogP contribution in [0.1, 0.15) is 6.42 Å². The fraction of sp³-hybridized carbons (Fsp3) is 0.125. The Bertz CT molecular complexity index is 361. The van der Waals surface area contributed by atoms with Crippen molar-refractivity contribution in [3.8, 4) is 0 Å². The number of nitrogens with zero attached hydrogens (tertiary/aromatic N) is 2. The van der Waals surface area contributed by atoms with Crippen molar-refractivity contribution >= 4 is 17.4 Å². The average Bonchev–Trinajstić information content (AvgIpc) is 2.47. The first-order chi connectivity index (χ1) is 5.79. The molecule has 0 aromatic carbocycles. The van der Waals surface area contributed by atoms with E-state index < -0.39 is 5.97 Å². The SMILES string of the molecule is O=C(O)C1=NN=C2C=CCC=C21. The van der Waals surface area contributed by atoms with Crippen molar-refractivity contribution in [3.63, 3.8) is 0 Å². The minimum Gasteiger partial charge on any atom is -0.476 e. The highest BCUT2D eigenvalue weighted by Crippen LogP contribution is 2.16. The summed E-state index contributed by atoms with van der Waals surface area (Å²) >= 11 is 0. The summed E-state index contributed by atoms with van der Waals surface area (Å²) in [5.41, 5.74) is 1.35. The lowest BCUT2D eigenvalue weighted by Gasteiger charge is -2.02. The summed E-state index contributed by atoms with van der Waals surface area (Å²) in [4.78, 5) is 10.6. The summed E-state index contributed by atoms with van der Waals surface area (Å²) < 4.78 is 0. The lowest BCUT2D eigenvalue weighted by Crippen LogP contribution is -2.17. The monoisotopic (exact) mass is 162 g/mol. The molecule has 60 valence electrons. The molecule has 0 fully saturated rings. The summed E-state index contributed by atoms with van der Waals surface area (Å²) in [6.45, 7) is 0. The molecule has 0 atom stereocenters. The number of carboxylic acids is 1. The maximum Gasteiger partial charge on any atom is 0.357 e. The molecule has 1 N–H and O–H groups in total. The summed E-state index contributed by atoms with van der Waals surface area (Å²) in [5, 5.41) is 16.0. The van der Waals surface area contributed by atoms with Gasteiger partial charge in [-0.05, 0) is 12.5 Å². The molecule has 0 radical (unpaired) electrons. The van der Waals surface area contributed by atoms with Crippen LogP contribution in [0.15, 0.2) is 34.0 Å². The standard InChI is InChI=1S/C8H6N2O2/c11-8(12)7-5-3-1-2-4-6(5)9-10-7/h2-4H,1H2,(H,11,12). The molecule has 0 aromatic heterocycles. The van der Waals surface area contributed by atoms with Gasteiger partial charge in [-0.25, -0.2) is 4.79 Å². The van der Waals surface area contributed by atoms with Crippen LogP contribution < -0.4 is 0 Å². The zero-order valence-corrected chi connectivity index (χ0v) is 6.19. The van der Waals surface area contributed by atoms with E-state index in [1.165, 1.54) is 0 Å². The quantitative estimate of drug-likeness (QED) is 0.618. The van der Waals surface area contributed by atoms with Gasteiger partial charge in [0, 0.05) is 5.57 Å². The number of aliphatic carboxylic acids is 1. The molecule has 0 bridgehead atoms. The summed E-state index contributed by atoms with van der Waals surface area (Å²) in [7, 11) is 0. The van der Waals surface area contributed by atoms with E-state index in [0.717, 1.165) is 6.42 Å². The summed E-state index contributed by atoms with van der Waals surface area (Å²) in [5.74, 6) is -1.02. The van der Waals surface area contributed by atoms with Crippen LogP contribution >= 0.6 is 0 Å². The van der Waals surface area contributed by atoms with E-state index in [4.69, 9.17) is 5.11 Å². The average molecular weight is 162 g/mol. The maximum atomic E-state index is 10.6. The predicted molar refractivity (Wildman–Crippen MR) is 44.3 cm³/mol. The van der Waals surface area contributed by atoms with Crippen LogP contribution in [-0.4, -0.2) is 22.5 Å². The first-order valence-electron chi connectivity index (χ1n) is 3.55. The van der Waals surface area contributed by atoms with E-state index in [9.17, 15) is 4.79 Å². The Hall–Kier alpha value is -1.71. The maximum absolute atomic E-state index is 10.6. The second kappa shape index (κ2) is 2.41. The molecule has 0 amide bonds. The van der Waals surface area contributed by atoms with Crippen LogP contribution in [0.4, 0.5) is 0 Å². The molecule has 1 aliphatic heterocycles. The van der Waals surface area contributed by atoms with E-state index >= 15 is 0 Å². The van der Waals surface area contributed by atoms with Crippen molar-refractivity contribution in [2.24, 2.45) is 10.2 Å². The highest BCUT2D eigenvalue weighted by atomic mass is 16.4. The smallest absolute Gasteiger partial charge is 0.357 e. The van der Waals surface area contributed by atoms with Gasteiger partial charge in [0.05, 0.1) is 5.71 Å². The minimum atomic E-state index is -1.02. The lowest BCUT2D eigenvalue weighted by molar-refractivity contribution is -0.129. The van der Waals surface area contributed by atoms with E-state index in [1.54, 1.807) is 6.08 Å². The molecule has 1 aliphatic carbocycles. The zero-order valence-electron chi connectivity index (χ0n) is 6.19. The van der Waals surface area contributed by atoms with Gasteiger partial charge >= 0.3 is 5.97 Å². The number of allylic oxidation sites excluding steroid dienone is 3. The molecule has 0 saturated carbocycles. The van der Waals surface area contributed by atoms with Gasteiger partial charge in [0.15, 0.2) is 5.71 Å². The van der Waals surface area contributed by atoms with Crippen molar-refractivity contribution in [1.29, 1.82) is 0 Å². The Morgan fingerprint density at radius 3 is 3.08 bits per heavy atom. The van der Waals surface area contributed by atoms with E-state index in [2.05, 4.69) is 10.2 Å². The summed E-state index contributed by atoms with van der Waals surface area (Å²) in [6.07, 6.45) is 6.27. The Labute approximate surface area is 68.6 Å². The van der Waals surface area contributed by atoms with Gasteiger partial charge < -0.3 is 5.11 Å². The molecule has 4 heteroatoms. The molecule has 0 saturated heterocycles. The van der Waals surface area contributed by atoms with E-state index in [1.807, 2.05) is 12.2 Å². The third-order valence-electron chi connectivity index (χ3n) is 1.73. The number of carbonyl (C=O) groups is 1. The van der Waals surface area contributed by atoms with Gasteiger partial charge in [0.2, 0.25) is 0 Å². The van der Waals surface area contributed by atoms with E-state index in [-0.39, 0.29) is 5.71 Å². The van der Waals surface area contributed by atoms with Gasteiger partial charge in [0.25, 0.3) is 0 Å². The van der Waals surface area contributed by atoms with Crippen LogP contribution in [0.3, 0.4) is 0 Å². The first kappa shape index (κ1) is 6.97. The van der Waals surface area contributed by atoms with Crippen molar-refractivity contribution < 1.29 is 9.90 Å². The highest BCUT2D eigenvalue weighted by molar-refractivity contribution is 6.52. The molecule has 4 nitrogen and oxygen atoms in total. The number of fused-ring (bicyclic) bond motifs is 1. The fourth-order valence-corrected chi connectivity index (χ4v) is 1.18. The Morgan fingerprint density at radius 1 is 1.50 bits per heavy atom. The third-order valence-corrected chi connectivity index (χ3v) is 1.73. The summed E-state index contributed by atoms with van der Waals surface area (Å²) in [6, 6.07) is 0. The van der Waals surface area contributed by atoms with Crippen molar-refractivity contribution in [1.82, 2.24) is 0 Å². The molecule has 0 unspecified atom stereocenters. The Balaban J connectivity index is 2.38. The van der Waals surface area contributed by atoms with Crippen molar-refractivity contribution in [2.75, 3.05) is 0 Å². The van der Waals surface area contributed by atoms with Gasteiger partial charge in [-0.15, -0.1) is 10.2 Å². The molecule has 2 rings (SSSR count). The Morgan fingerprint density at radius 2 is 2.33 bits per heavy atom. The first-order valence-corrected chi connectivity index (χ1v) is 3.55. The molecule has 2 aliphatic rings. The number of hydrogen-bond donors (Lipinski definition) is 1. The Kier molecular flexibility index (Phi) is 1.40. The van der Waals surface area contributed by atoms with Crippen LogP contribution in [0.5, 0.6) is 0 Å². The van der Waals surface area contributed by atoms with Crippen LogP contribution in [-0.2, 0) is 4.79 Å². The highest BCUT2D eigenvalue weighted by Gasteiger charge is 2.24. The minimum absolute atomic E-state index is 0.0503.